The molecule has 0 aromatic carbocycles. The molecule has 1 saturated heterocycles. The topological polar surface area (TPSA) is 71.1 Å². The van der Waals surface area contributed by atoms with Crippen LogP contribution in [-0.2, 0) is 16.6 Å². The van der Waals surface area contributed by atoms with Crippen LogP contribution in [0.15, 0.2) is 18.3 Å². The molecular weight excluding hydrogens is 238 g/mol. The van der Waals surface area contributed by atoms with Crippen LogP contribution in [0.1, 0.15) is 17.7 Å². The van der Waals surface area contributed by atoms with Gasteiger partial charge in [-0.05, 0) is 31.5 Å². The van der Waals surface area contributed by atoms with Gasteiger partial charge in [0.05, 0.1) is 5.25 Å². The van der Waals surface area contributed by atoms with Gasteiger partial charge in [0.1, 0.15) is 0 Å². The molecule has 2 rings (SSSR count). The second-order valence-electron chi connectivity index (χ2n) is 4.29. The van der Waals surface area contributed by atoms with E-state index < -0.39 is 10.0 Å². The van der Waals surface area contributed by atoms with E-state index in [1.165, 1.54) is 0 Å². The Morgan fingerprint density at radius 2 is 2.35 bits per heavy atom. The fourth-order valence-corrected chi connectivity index (χ4v) is 3.17. The van der Waals surface area contributed by atoms with Crippen molar-refractivity contribution < 1.29 is 8.42 Å². The molecule has 1 aromatic rings. The highest BCUT2D eigenvalue weighted by molar-refractivity contribution is 7.90. The number of hydrogen-bond acceptors (Lipinski definition) is 4. The maximum atomic E-state index is 11.9. The summed E-state index contributed by atoms with van der Waals surface area (Å²) >= 11 is 0. The number of pyridine rings is 1. The molecule has 1 aliphatic rings. The number of aromatic nitrogens is 1. The average molecular weight is 255 g/mol. The number of nitrogens with one attached hydrogen (secondary N) is 2. The summed E-state index contributed by atoms with van der Waals surface area (Å²) in [6.45, 7) is 3.53. The van der Waals surface area contributed by atoms with Crippen molar-refractivity contribution >= 4 is 10.0 Å². The summed E-state index contributed by atoms with van der Waals surface area (Å²) in [5.74, 6) is 0. The number of aryl methyl sites for hydroxylation is 1. The van der Waals surface area contributed by atoms with Crippen LogP contribution >= 0.6 is 0 Å². The molecule has 0 spiro atoms. The van der Waals surface area contributed by atoms with Crippen LogP contribution in [0, 0.1) is 6.92 Å². The van der Waals surface area contributed by atoms with Gasteiger partial charge in [-0.1, -0.05) is 6.07 Å². The number of sulfonamides is 1. The third kappa shape index (κ3) is 3.24. The highest BCUT2D eigenvalue weighted by Gasteiger charge is 2.27. The third-order valence-corrected chi connectivity index (χ3v) is 4.73. The number of hydrogen-bond donors (Lipinski definition) is 2. The molecule has 6 heteroatoms. The van der Waals surface area contributed by atoms with E-state index in [2.05, 4.69) is 15.0 Å². The lowest BCUT2D eigenvalue weighted by Crippen LogP contribution is -2.35. The van der Waals surface area contributed by atoms with E-state index in [1.807, 2.05) is 19.1 Å². The largest absolute Gasteiger partial charge is 0.315 e. The Labute approximate surface area is 102 Å². The van der Waals surface area contributed by atoms with Crippen molar-refractivity contribution in [1.29, 1.82) is 0 Å². The van der Waals surface area contributed by atoms with Gasteiger partial charge in [0.25, 0.3) is 0 Å². The maximum Gasteiger partial charge on any atom is 0.216 e. The second kappa shape index (κ2) is 5.12. The molecular formula is C11H17N3O2S. The SMILES string of the molecule is Cc1ccc(CNS(=O)(=O)C2CCNC2)cn1. The van der Waals surface area contributed by atoms with Gasteiger partial charge in [-0.25, -0.2) is 13.1 Å². The Morgan fingerprint density at radius 3 is 2.94 bits per heavy atom. The molecule has 94 valence electrons. The zero-order valence-electron chi connectivity index (χ0n) is 9.81. The minimum atomic E-state index is -3.21. The Hall–Kier alpha value is -0.980. The summed E-state index contributed by atoms with van der Waals surface area (Å²) in [5.41, 5.74) is 1.81. The summed E-state index contributed by atoms with van der Waals surface area (Å²) in [7, 11) is -3.21. The molecule has 0 bridgehead atoms. The van der Waals surface area contributed by atoms with Crippen molar-refractivity contribution in [3.63, 3.8) is 0 Å². The van der Waals surface area contributed by atoms with Crippen molar-refractivity contribution in [3.05, 3.63) is 29.6 Å². The Morgan fingerprint density at radius 1 is 1.53 bits per heavy atom. The van der Waals surface area contributed by atoms with Gasteiger partial charge in [0.2, 0.25) is 10.0 Å². The van der Waals surface area contributed by atoms with E-state index in [4.69, 9.17) is 0 Å². The maximum absolute atomic E-state index is 11.9. The van der Waals surface area contributed by atoms with Gasteiger partial charge in [-0.3, -0.25) is 4.98 Å². The van der Waals surface area contributed by atoms with Crippen molar-refractivity contribution in [2.24, 2.45) is 0 Å². The number of nitrogens with zero attached hydrogens (tertiary/aromatic N) is 1. The van der Waals surface area contributed by atoms with Crippen molar-refractivity contribution in [3.8, 4) is 0 Å². The quantitative estimate of drug-likeness (QED) is 0.804. The summed E-state index contributed by atoms with van der Waals surface area (Å²) < 4.78 is 26.4. The smallest absolute Gasteiger partial charge is 0.216 e. The molecule has 1 aliphatic heterocycles. The van der Waals surface area contributed by atoms with Crippen LogP contribution in [0.5, 0.6) is 0 Å². The van der Waals surface area contributed by atoms with E-state index in [9.17, 15) is 8.42 Å². The van der Waals surface area contributed by atoms with Crippen LogP contribution in [0.25, 0.3) is 0 Å². The highest BCUT2D eigenvalue weighted by atomic mass is 32.2. The van der Waals surface area contributed by atoms with Crippen LogP contribution in [0.2, 0.25) is 0 Å². The van der Waals surface area contributed by atoms with Gasteiger partial charge in [0, 0.05) is 25.0 Å². The van der Waals surface area contributed by atoms with Gasteiger partial charge in [-0.15, -0.1) is 0 Å². The van der Waals surface area contributed by atoms with Crippen molar-refractivity contribution in [2.75, 3.05) is 13.1 Å². The number of rotatable bonds is 4. The Bertz CT molecular complexity index is 464. The van der Waals surface area contributed by atoms with Gasteiger partial charge in [-0.2, -0.15) is 0 Å². The van der Waals surface area contributed by atoms with Crippen molar-refractivity contribution in [1.82, 2.24) is 15.0 Å². The van der Waals surface area contributed by atoms with Crippen molar-refractivity contribution in [2.45, 2.75) is 25.1 Å². The lowest BCUT2D eigenvalue weighted by atomic mass is 10.2. The molecule has 0 saturated carbocycles. The average Bonchev–Trinajstić information content (AvgIpc) is 2.82. The van der Waals surface area contributed by atoms with Gasteiger partial charge in [0.15, 0.2) is 0 Å². The van der Waals surface area contributed by atoms with Crippen LogP contribution in [0.4, 0.5) is 0 Å². The van der Waals surface area contributed by atoms with E-state index in [-0.39, 0.29) is 5.25 Å². The van der Waals surface area contributed by atoms with Crippen LogP contribution in [-0.4, -0.2) is 31.7 Å². The molecule has 2 N–H and O–H groups in total. The Kier molecular flexibility index (Phi) is 3.76. The van der Waals surface area contributed by atoms with Crippen LogP contribution < -0.4 is 10.0 Å². The molecule has 2 heterocycles. The minimum Gasteiger partial charge on any atom is -0.315 e. The molecule has 1 aromatic heterocycles. The van der Waals surface area contributed by atoms with Gasteiger partial charge >= 0.3 is 0 Å². The van der Waals surface area contributed by atoms with Crippen LogP contribution in [0.3, 0.4) is 0 Å². The fraction of sp³-hybridized carbons (Fsp3) is 0.545. The first-order chi connectivity index (χ1) is 8.08. The van der Waals surface area contributed by atoms with Gasteiger partial charge < -0.3 is 5.32 Å². The third-order valence-electron chi connectivity index (χ3n) is 2.90. The summed E-state index contributed by atoms with van der Waals surface area (Å²) in [6.07, 6.45) is 2.38. The predicted octanol–water partition coefficient (Wildman–Crippen LogP) is 0.171. The zero-order valence-corrected chi connectivity index (χ0v) is 10.6. The molecule has 0 amide bonds. The lowest BCUT2D eigenvalue weighted by molar-refractivity contribution is 0.567. The molecule has 1 fully saturated rings. The van der Waals surface area contributed by atoms with E-state index in [0.29, 0.717) is 19.5 Å². The lowest BCUT2D eigenvalue weighted by Gasteiger charge is -2.11. The normalized spacial score (nSPS) is 20.6. The summed E-state index contributed by atoms with van der Waals surface area (Å²) in [5, 5.41) is 2.75. The van der Waals surface area contributed by atoms with E-state index >= 15 is 0 Å². The molecule has 17 heavy (non-hydrogen) atoms. The van der Waals surface area contributed by atoms with E-state index in [1.54, 1.807) is 6.20 Å². The zero-order chi connectivity index (χ0) is 12.3. The summed E-state index contributed by atoms with van der Waals surface area (Å²) in [6, 6.07) is 3.76. The fourth-order valence-electron chi connectivity index (χ4n) is 1.80. The Balaban J connectivity index is 1.95. The molecule has 5 nitrogen and oxygen atoms in total. The highest BCUT2D eigenvalue weighted by Crippen LogP contribution is 2.09. The first kappa shape index (κ1) is 12.5. The standard InChI is InChI=1S/C11H17N3O2S/c1-9-2-3-10(6-13-9)7-14-17(15,16)11-4-5-12-8-11/h2-3,6,11-12,14H,4-5,7-8H2,1H3. The molecule has 1 unspecified atom stereocenters. The minimum absolute atomic E-state index is 0.305. The first-order valence-corrected chi connectivity index (χ1v) is 7.23. The predicted molar refractivity (Wildman–Crippen MR) is 66.0 cm³/mol. The molecule has 0 radical (unpaired) electrons. The molecule has 1 atom stereocenters. The van der Waals surface area contributed by atoms with E-state index in [0.717, 1.165) is 17.8 Å². The first-order valence-electron chi connectivity index (χ1n) is 5.69. The second-order valence-corrected chi connectivity index (χ2v) is 6.33. The monoisotopic (exact) mass is 255 g/mol. The molecule has 0 aliphatic carbocycles. The summed E-state index contributed by atoms with van der Waals surface area (Å²) in [4.78, 5) is 4.13.